The molecule has 15 heavy (non-hydrogen) atoms. The minimum Gasteiger partial charge on any atom is -0.383 e. The Balaban J connectivity index is 2.87. The highest BCUT2D eigenvalue weighted by molar-refractivity contribution is 6.31. The lowest BCUT2D eigenvalue weighted by molar-refractivity contribution is -0.133. The number of aliphatic hydroxyl groups is 1. The van der Waals surface area contributed by atoms with Crippen molar-refractivity contribution >= 4 is 17.4 Å². The fourth-order valence-electron chi connectivity index (χ4n) is 1.18. The number of halogens is 1. The Bertz CT molecular complexity index is 378. The van der Waals surface area contributed by atoms with Gasteiger partial charge in [0.05, 0.1) is 0 Å². The largest absolute Gasteiger partial charge is 0.383 e. The van der Waals surface area contributed by atoms with Crippen LogP contribution >= 0.6 is 11.6 Å². The van der Waals surface area contributed by atoms with E-state index < -0.39 is 5.60 Å². The summed E-state index contributed by atoms with van der Waals surface area (Å²) >= 11 is 5.99. The number of rotatable bonds is 3. The molecule has 0 saturated heterocycles. The molecule has 0 saturated carbocycles. The molecule has 1 rings (SSSR count). The van der Waals surface area contributed by atoms with Gasteiger partial charge in [0.25, 0.3) is 0 Å². The third-order valence-electron chi connectivity index (χ3n) is 2.24. The SMILES string of the molecule is Cc1ccc(CC(=O)C(C)(C)O)c(Cl)c1. The second kappa shape index (κ2) is 4.33. The second-order valence-electron chi connectivity index (χ2n) is 4.25. The van der Waals surface area contributed by atoms with Crippen LogP contribution in [0.5, 0.6) is 0 Å². The highest BCUT2D eigenvalue weighted by atomic mass is 35.5. The average molecular weight is 227 g/mol. The van der Waals surface area contributed by atoms with Crippen molar-refractivity contribution < 1.29 is 9.90 Å². The summed E-state index contributed by atoms with van der Waals surface area (Å²) in [6, 6.07) is 5.54. The Morgan fingerprint density at radius 2 is 2.07 bits per heavy atom. The Hall–Kier alpha value is -0.860. The van der Waals surface area contributed by atoms with E-state index in [0.29, 0.717) is 5.02 Å². The Labute approximate surface area is 94.9 Å². The summed E-state index contributed by atoms with van der Waals surface area (Å²) in [6.07, 6.45) is 0.169. The number of carbonyl (C=O) groups excluding carboxylic acids is 1. The lowest BCUT2D eigenvalue weighted by Crippen LogP contribution is -2.32. The smallest absolute Gasteiger partial charge is 0.168 e. The van der Waals surface area contributed by atoms with Crippen LogP contribution in [0.25, 0.3) is 0 Å². The monoisotopic (exact) mass is 226 g/mol. The number of hydrogen-bond donors (Lipinski definition) is 1. The van der Waals surface area contributed by atoms with Crippen molar-refractivity contribution in [3.8, 4) is 0 Å². The van der Waals surface area contributed by atoms with Crippen molar-refractivity contribution in [3.63, 3.8) is 0 Å². The maximum absolute atomic E-state index is 11.6. The van der Waals surface area contributed by atoms with E-state index >= 15 is 0 Å². The summed E-state index contributed by atoms with van der Waals surface area (Å²) in [5, 5.41) is 10.1. The normalized spacial score (nSPS) is 11.5. The molecule has 1 aromatic carbocycles. The molecule has 0 spiro atoms. The van der Waals surface area contributed by atoms with Crippen molar-refractivity contribution in [2.75, 3.05) is 0 Å². The molecule has 3 heteroatoms. The molecule has 82 valence electrons. The molecule has 0 bridgehead atoms. The van der Waals surface area contributed by atoms with Gasteiger partial charge in [-0.3, -0.25) is 4.79 Å². The number of benzene rings is 1. The third kappa shape index (κ3) is 3.33. The van der Waals surface area contributed by atoms with Crippen LogP contribution in [0.2, 0.25) is 5.02 Å². The first-order chi connectivity index (χ1) is 6.80. The van der Waals surface area contributed by atoms with Crippen molar-refractivity contribution in [1.29, 1.82) is 0 Å². The molecule has 0 fully saturated rings. The Morgan fingerprint density at radius 1 is 1.47 bits per heavy atom. The molecule has 0 atom stereocenters. The average Bonchev–Trinajstić information content (AvgIpc) is 2.08. The van der Waals surface area contributed by atoms with E-state index in [2.05, 4.69) is 0 Å². The predicted molar refractivity (Wildman–Crippen MR) is 61.2 cm³/mol. The Kier molecular flexibility index (Phi) is 3.53. The van der Waals surface area contributed by atoms with Gasteiger partial charge in [-0.15, -0.1) is 0 Å². The lowest BCUT2D eigenvalue weighted by atomic mass is 9.97. The topological polar surface area (TPSA) is 37.3 Å². The summed E-state index contributed by atoms with van der Waals surface area (Å²) in [5.74, 6) is -0.228. The number of carbonyl (C=O) groups is 1. The van der Waals surface area contributed by atoms with Crippen LogP contribution in [-0.2, 0) is 11.2 Å². The Morgan fingerprint density at radius 3 is 2.53 bits per heavy atom. The van der Waals surface area contributed by atoms with Gasteiger partial charge in [-0.25, -0.2) is 0 Å². The summed E-state index contributed by atoms with van der Waals surface area (Å²) in [6.45, 7) is 4.91. The van der Waals surface area contributed by atoms with E-state index in [0.717, 1.165) is 11.1 Å². The summed E-state index contributed by atoms with van der Waals surface area (Å²) < 4.78 is 0. The van der Waals surface area contributed by atoms with Gasteiger partial charge in [-0.2, -0.15) is 0 Å². The molecule has 1 N–H and O–H groups in total. The predicted octanol–water partition coefficient (Wildman–Crippen LogP) is 2.53. The molecule has 0 heterocycles. The first-order valence-electron chi connectivity index (χ1n) is 4.81. The van der Waals surface area contributed by atoms with Crippen LogP contribution in [0.1, 0.15) is 25.0 Å². The van der Waals surface area contributed by atoms with Gasteiger partial charge in [-0.1, -0.05) is 23.7 Å². The number of hydrogen-bond acceptors (Lipinski definition) is 2. The van der Waals surface area contributed by atoms with E-state index in [9.17, 15) is 9.90 Å². The van der Waals surface area contributed by atoms with E-state index in [4.69, 9.17) is 11.6 Å². The molecule has 2 nitrogen and oxygen atoms in total. The lowest BCUT2D eigenvalue weighted by Gasteiger charge is -2.15. The van der Waals surface area contributed by atoms with Gasteiger partial charge in [0, 0.05) is 11.4 Å². The van der Waals surface area contributed by atoms with E-state index in [-0.39, 0.29) is 12.2 Å². The van der Waals surface area contributed by atoms with Crippen LogP contribution in [0, 0.1) is 6.92 Å². The number of aryl methyl sites for hydroxylation is 1. The molecular weight excluding hydrogens is 212 g/mol. The molecule has 0 aliphatic rings. The van der Waals surface area contributed by atoms with Crippen molar-refractivity contribution in [2.24, 2.45) is 0 Å². The summed E-state index contributed by atoms with van der Waals surface area (Å²) in [4.78, 5) is 11.6. The van der Waals surface area contributed by atoms with Gasteiger partial charge in [0.1, 0.15) is 5.60 Å². The van der Waals surface area contributed by atoms with Crippen LogP contribution in [0.3, 0.4) is 0 Å². The molecule has 1 aromatic rings. The van der Waals surface area contributed by atoms with Crippen LogP contribution in [0.4, 0.5) is 0 Å². The fourth-order valence-corrected chi connectivity index (χ4v) is 1.49. The van der Waals surface area contributed by atoms with Crippen molar-refractivity contribution in [2.45, 2.75) is 32.8 Å². The van der Waals surface area contributed by atoms with Crippen LogP contribution in [-0.4, -0.2) is 16.5 Å². The van der Waals surface area contributed by atoms with Crippen molar-refractivity contribution in [3.05, 3.63) is 34.3 Å². The molecule has 0 aliphatic heterocycles. The second-order valence-corrected chi connectivity index (χ2v) is 4.66. The maximum Gasteiger partial charge on any atom is 0.168 e. The van der Waals surface area contributed by atoms with Gasteiger partial charge in [0.15, 0.2) is 5.78 Å². The van der Waals surface area contributed by atoms with Crippen LogP contribution in [0.15, 0.2) is 18.2 Å². The molecular formula is C12H15ClO2. The van der Waals surface area contributed by atoms with Gasteiger partial charge < -0.3 is 5.11 Å². The van der Waals surface area contributed by atoms with E-state index in [1.165, 1.54) is 13.8 Å². The van der Waals surface area contributed by atoms with E-state index in [1.54, 1.807) is 0 Å². The maximum atomic E-state index is 11.6. The minimum atomic E-state index is -1.30. The standard InChI is InChI=1S/C12H15ClO2/c1-8-4-5-9(10(13)6-8)7-11(14)12(2,3)15/h4-6,15H,7H2,1-3H3. The number of Topliss-reactive ketones (excluding diaryl/α,β-unsaturated/α-hetero) is 1. The number of ketones is 1. The zero-order valence-corrected chi connectivity index (χ0v) is 9.93. The van der Waals surface area contributed by atoms with E-state index in [1.807, 2.05) is 25.1 Å². The molecule has 0 amide bonds. The minimum absolute atomic E-state index is 0.169. The third-order valence-corrected chi connectivity index (χ3v) is 2.59. The highest BCUT2D eigenvalue weighted by Crippen LogP contribution is 2.20. The molecule has 0 unspecified atom stereocenters. The summed E-state index contributed by atoms with van der Waals surface area (Å²) in [5.41, 5.74) is 0.516. The molecule has 0 aromatic heterocycles. The van der Waals surface area contributed by atoms with Gasteiger partial charge >= 0.3 is 0 Å². The first-order valence-corrected chi connectivity index (χ1v) is 5.19. The zero-order valence-electron chi connectivity index (χ0n) is 9.17. The summed E-state index contributed by atoms with van der Waals surface area (Å²) in [7, 11) is 0. The molecule has 0 radical (unpaired) electrons. The highest BCUT2D eigenvalue weighted by Gasteiger charge is 2.24. The van der Waals surface area contributed by atoms with Crippen LogP contribution < -0.4 is 0 Å². The first kappa shape index (κ1) is 12.2. The van der Waals surface area contributed by atoms with Gasteiger partial charge in [0.2, 0.25) is 0 Å². The van der Waals surface area contributed by atoms with Gasteiger partial charge in [-0.05, 0) is 38.0 Å². The van der Waals surface area contributed by atoms with Crippen molar-refractivity contribution in [1.82, 2.24) is 0 Å². The zero-order chi connectivity index (χ0) is 11.6. The molecule has 0 aliphatic carbocycles. The fraction of sp³-hybridized carbons (Fsp3) is 0.417. The quantitative estimate of drug-likeness (QED) is 0.860.